The average molecular weight is 235 g/mol. The molecule has 4 nitrogen and oxygen atoms in total. The molecule has 1 heterocycles. The number of hydrogen-bond donors (Lipinski definition) is 0. The van der Waals surface area contributed by atoms with Crippen molar-refractivity contribution in [3.63, 3.8) is 0 Å². The molecule has 0 unspecified atom stereocenters. The number of hydrogen-bond acceptors (Lipinski definition) is 3. The number of methoxy groups -OCH3 is 1. The van der Waals surface area contributed by atoms with Crippen LogP contribution in [0.5, 0.6) is 0 Å². The van der Waals surface area contributed by atoms with E-state index < -0.39 is 12.1 Å². The zero-order chi connectivity index (χ0) is 12.8. The van der Waals surface area contributed by atoms with E-state index in [1.807, 2.05) is 25.2 Å². The summed E-state index contributed by atoms with van der Waals surface area (Å²) in [7, 11) is 1.31. The zero-order valence-electron chi connectivity index (χ0n) is 10.2. The highest BCUT2D eigenvalue weighted by molar-refractivity contribution is 5.97. The van der Waals surface area contributed by atoms with Crippen LogP contribution in [-0.2, 0) is 9.53 Å². The molecule has 0 bridgehead atoms. The second kappa shape index (κ2) is 6.03. The Kier molecular flexibility index (Phi) is 4.69. The van der Waals surface area contributed by atoms with Gasteiger partial charge in [0.05, 0.1) is 13.7 Å². The Bertz CT molecular complexity index is 382. The summed E-state index contributed by atoms with van der Waals surface area (Å²) in [4.78, 5) is 24.2. The second-order valence-corrected chi connectivity index (χ2v) is 3.76. The van der Waals surface area contributed by atoms with Crippen molar-refractivity contribution >= 4 is 11.9 Å². The number of amides is 1. The quantitative estimate of drug-likeness (QED) is 0.701. The molecule has 1 rings (SSSR count). The molecule has 0 radical (unpaired) electrons. The molecule has 1 atom stereocenters. The zero-order valence-corrected chi connectivity index (χ0v) is 10.2. The van der Waals surface area contributed by atoms with Gasteiger partial charge in [0, 0.05) is 6.42 Å². The van der Waals surface area contributed by atoms with Crippen LogP contribution in [-0.4, -0.2) is 36.5 Å². The number of rotatable bonds is 4. The summed E-state index contributed by atoms with van der Waals surface area (Å²) in [5.74, 6) is 0.0589. The van der Waals surface area contributed by atoms with Crippen LogP contribution < -0.4 is 0 Å². The first-order chi connectivity index (χ1) is 8.13. The summed E-state index contributed by atoms with van der Waals surface area (Å²) in [5.41, 5.74) is 0.926. The van der Waals surface area contributed by atoms with E-state index in [-0.39, 0.29) is 12.3 Å². The van der Waals surface area contributed by atoms with Crippen molar-refractivity contribution in [2.75, 3.05) is 13.7 Å². The fraction of sp³-hybridized carbons (Fsp3) is 0.385. The normalized spacial score (nSPS) is 20.4. The largest absolute Gasteiger partial charge is 0.453 e. The van der Waals surface area contributed by atoms with E-state index >= 15 is 0 Å². The van der Waals surface area contributed by atoms with E-state index in [1.54, 1.807) is 6.08 Å². The van der Waals surface area contributed by atoms with Gasteiger partial charge in [-0.05, 0) is 12.5 Å². The van der Waals surface area contributed by atoms with Crippen LogP contribution in [0.1, 0.15) is 13.3 Å². The molecular weight excluding hydrogens is 218 g/mol. The topological polar surface area (TPSA) is 46.6 Å². The lowest BCUT2D eigenvalue weighted by Crippen LogP contribution is -2.59. The van der Waals surface area contributed by atoms with Crippen molar-refractivity contribution in [2.24, 2.45) is 0 Å². The molecule has 17 heavy (non-hydrogen) atoms. The Balaban J connectivity index is 2.68. The van der Waals surface area contributed by atoms with E-state index in [2.05, 4.69) is 11.3 Å². The summed E-state index contributed by atoms with van der Waals surface area (Å²) in [6, 6.07) is -0.406. The number of nitrogens with zero attached hydrogens (tertiary/aromatic N) is 1. The number of carbonyl (C=O) groups is 2. The third-order valence-corrected chi connectivity index (χ3v) is 2.68. The van der Waals surface area contributed by atoms with Crippen LogP contribution in [0.4, 0.5) is 4.79 Å². The van der Waals surface area contributed by atoms with E-state index in [0.29, 0.717) is 6.42 Å². The first kappa shape index (κ1) is 13.2. The summed E-state index contributed by atoms with van der Waals surface area (Å²) in [6.07, 6.45) is 7.38. The molecule has 1 aliphatic heterocycles. The minimum atomic E-state index is -0.455. The third kappa shape index (κ3) is 3.06. The average Bonchev–Trinajstić information content (AvgIpc) is 2.35. The smallest absolute Gasteiger partial charge is 0.410 e. The fourth-order valence-corrected chi connectivity index (χ4v) is 1.64. The molecule has 1 aliphatic rings. The number of allylic oxidation sites excluding steroid dienone is 4. The Morgan fingerprint density at radius 2 is 2.35 bits per heavy atom. The molecule has 0 aromatic carbocycles. The maximum absolute atomic E-state index is 11.5. The predicted molar refractivity (Wildman–Crippen MR) is 65.6 cm³/mol. The highest BCUT2D eigenvalue weighted by atomic mass is 16.5. The maximum atomic E-state index is 11.5. The van der Waals surface area contributed by atoms with Gasteiger partial charge in [-0.15, -0.1) is 0 Å². The second-order valence-electron chi connectivity index (χ2n) is 3.76. The van der Waals surface area contributed by atoms with Crippen molar-refractivity contribution in [1.29, 1.82) is 0 Å². The number of Topliss-reactive ketones (excluding diaryl/α,β-unsaturated/α-hetero) is 1. The van der Waals surface area contributed by atoms with Crippen molar-refractivity contribution in [2.45, 2.75) is 19.4 Å². The Morgan fingerprint density at radius 1 is 1.65 bits per heavy atom. The predicted octanol–water partition coefficient (Wildman–Crippen LogP) is 2.08. The van der Waals surface area contributed by atoms with Crippen LogP contribution in [0.25, 0.3) is 0 Å². The molecule has 1 saturated heterocycles. The monoisotopic (exact) mass is 235 g/mol. The third-order valence-electron chi connectivity index (χ3n) is 2.68. The van der Waals surface area contributed by atoms with Gasteiger partial charge < -0.3 is 4.74 Å². The van der Waals surface area contributed by atoms with Gasteiger partial charge >= 0.3 is 6.09 Å². The lowest BCUT2D eigenvalue weighted by atomic mass is 9.94. The van der Waals surface area contributed by atoms with Crippen molar-refractivity contribution in [1.82, 2.24) is 4.90 Å². The number of likely N-dealkylation sites (tertiary alicyclic amines) is 1. The molecular formula is C13H17NO3. The lowest BCUT2D eigenvalue weighted by molar-refractivity contribution is -0.134. The highest BCUT2D eigenvalue weighted by Gasteiger charge is 2.41. The van der Waals surface area contributed by atoms with Gasteiger partial charge in [0.25, 0.3) is 0 Å². The molecule has 4 heteroatoms. The molecule has 92 valence electrons. The lowest BCUT2D eigenvalue weighted by Gasteiger charge is -2.38. The first-order valence-corrected chi connectivity index (χ1v) is 5.45. The van der Waals surface area contributed by atoms with Crippen molar-refractivity contribution in [3.8, 4) is 0 Å². The van der Waals surface area contributed by atoms with Crippen LogP contribution in [0.2, 0.25) is 0 Å². The number of ether oxygens (including phenoxy) is 1. The standard InChI is InChI=1S/C13H17NO3/c1-4-6-7-10(5-2)8-11-12(15)9-14(11)13(16)17-3/h4-7,11H,2,8-9H2,1,3H3/b6-4-,10-7+/t11-/m0/s1. The maximum Gasteiger partial charge on any atom is 0.410 e. The molecule has 0 aromatic heterocycles. The summed E-state index contributed by atoms with van der Waals surface area (Å²) < 4.78 is 4.60. The molecule has 0 N–H and O–H groups in total. The number of ketones is 1. The number of carbonyl (C=O) groups excluding carboxylic acids is 2. The van der Waals surface area contributed by atoms with E-state index in [4.69, 9.17) is 0 Å². The van der Waals surface area contributed by atoms with Gasteiger partial charge in [-0.3, -0.25) is 9.69 Å². The van der Waals surface area contributed by atoms with E-state index in [1.165, 1.54) is 12.0 Å². The molecule has 0 aromatic rings. The van der Waals surface area contributed by atoms with Crippen LogP contribution in [0.15, 0.2) is 36.5 Å². The summed E-state index contributed by atoms with van der Waals surface area (Å²) in [5, 5.41) is 0. The van der Waals surface area contributed by atoms with E-state index in [0.717, 1.165) is 5.57 Å². The molecule has 1 amide bonds. The molecule has 0 saturated carbocycles. The Morgan fingerprint density at radius 3 is 2.82 bits per heavy atom. The molecule has 0 aliphatic carbocycles. The van der Waals surface area contributed by atoms with Gasteiger partial charge in [-0.1, -0.05) is 30.9 Å². The van der Waals surface area contributed by atoms with Gasteiger partial charge in [0.2, 0.25) is 0 Å². The van der Waals surface area contributed by atoms with Crippen molar-refractivity contribution in [3.05, 3.63) is 36.5 Å². The van der Waals surface area contributed by atoms with E-state index in [9.17, 15) is 9.59 Å². The highest BCUT2D eigenvalue weighted by Crippen LogP contribution is 2.22. The van der Waals surface area contributed by atoms with Crippen LogP contribution in [0, 0.1) is 0 Å². The van der Waals surface area contributed by atoms with Crippen molar-refractivity contribution < 1.29 is 14.3 Å². The van der Waals surface area contributed by atoms with Gasteiger partial charge in [0.15, 0.2) is 5.78 Å². The van der Waals surface area contributed by atoms with Gasteiger partial charge in [-0.2, -0.15) is 0 Å². The van der Waals surface area contributed by atoms with Gasteiger partial charge in [0.1, 0.15) is 6.04 Å². The van der Waals surface area contributed by atoms with Crippen LogP contribution >= 0.6 is 0 Å². The first-order valence-electron chi connectivity index (χ1n) is 5.45. The Labute approximate surface area is 101 Å². The van der Waals surface area contributed by atoms with Crippen LogP contribution in [0.3, 0.4) is 0 Å². The summed E-state index contributed by atoms with van der Waals surface area (Å²) in [6.45, 7) is 5.75. The molecule has 1 fully saturated rings. The minimum Gasteiger partial charge on any atom is -0.453 e. The molecule has 0 spiro atoms. The SMILES string of the molecule is C=C/C(=C\C=C/C)C[C@H]1C(=O)CN1C(=O)OC. The minimum absolute atomic E-state index is 0.0589. The van der Waals surface area contributed by atoms with Gasteiger partial charge in [-0.25, -0.2) is 4.79 Å². The Hall–Kier alpha value is -1.84. The fourth-order valence-electron chi connectivity index (χ4n) is 1.64. The summed E-state index contributed by atoms with van der Waals surface area (Å²) >= 11 is 0.